The van der Waals surface area contributed by atoms with Gasteiger partial charge in [-0.15, -0.1) is 0 Å². The fraction of sp³-hybridized carbons (Fsp3) is 0.500. The van der Waals surface area contributed by atoms with Crippen molar-refractivity contribution in [2.75, 3.05) is 6.54 Å². The van der Waals surface area contributed by atoms with Gasteiger partial charge in [0.05, 0.1) is 6.10 Å². The van der Waals surface area contributed by atoms with E-state index in [1.807, 2.05) is 6.92 Å². The van der Waals surface area contributed by atoms with Crippen LogP contribution in [-0.4, -0.2) is 11.7 Å². The van der Waals surface area contributed by atoms with Gasteiger partial charge >= 0.3 is 0 Å². The number of rotatable bonds is 4. The van der Waals surface area contributed by atoms with Crippen LogP contribution in [0, 0.1) is 18.7 Å². The second kappa shape index (κ2) is 5.24. The number of aliphatic hydroxyl groups excluding tert-OH is 1. The third-order valence-corrected chi connectivity index (χ3v) is 2.82. The van der Waals surface area contributed by atoms with Crippen molar-refractivity contribution in [2.45, 2.75) is 26.4 Å². The van der Waals surface area contributed by atoms with Gasteiger partial charge in [-0.25, -0.2) is 4.39 Å². The third kappa shape index (κ3) is 2.76. The summed E-state index contributed by atoms with van der Waals surface area (Å²) in [6.07, 6.45) is 0.217. The number of benzene rings is 1. The van der Waals surface area contributed by atoms with Crippen LogP contribution in [-0.2, 0) is 0 Å². The zero-order valence-electron chi connectivity index (χ0n) is 9.20. The van der Waals surface area contributed by atoms with Crippen LogP contribution < -0.4 is 5.73 Å². The molecule has 1 aromatic rings. The maximum absolute atomic E-state index is 12.9. The van der Waals surface area contributed by atoms with Crippen molar-refractivity contribution in [1.82, 2.24) is 0 Å². The van der Waals surface area contributed by atoms with Crippen molar-refractivity contribution in [3.8, 4) is 0 Å². The Bertz CT molecular complexity index is 323. The molecule has 2 atom stereocenters. The highest BCUT2D eigenvalue weighted by Crippen LogP contribution is 2.26. The highest BCUT2D eigenvalue weighted by atomic mass is 19.1. The van der Waals surface area contributed by atoms with E-state index < -0.39 is 6.10 Å². The van der Waals surface area contributed by atoms with Crippen LogP contribution in [0.1, 0.15) is 30.6 Å². The summed E-state index contributed by atoms with van der Waals surface area (Å²) < 4.78 is 12.9. The molecule has 0 bridgehead atoms. The molecule has 0 fully saturated rings. The average Bonchev–Trinajstić information content (AvgIpc) is 2.19. The smallest absolute Gasteiger partial charge is 0.123 e. The minimum atomic E-state index is -0.597. The molecule has 2 unspecified atom stereocenters. The summed E-state index contributed by atoms with van der Waals surface area (Å²) in [5, 5.41) is 10.0. The molecule has 0 aliphatic rings. The molecule has 0 aromatic heterocycles. The Labute approximate surface area is 89.9 Å². The second-order valence-electron chi connectivity index (χ2n) is 3.85. The van der Waals surface area contributed by atoms with Crippen molar-refractivity contribution < 1.29 is 9.50 Å². The van der Waals surface area contributed by atoms with Gasteiger partial charge in [0, 0.05) is 5.92 Å². The highest BCUT2D eigenvalue weighted by Gasteiger charge is 2.19. The average molecular weight is 211 g/mol. The molecular weight excluding hydrogens is 193 g/mol. The van der Waals surface area contributed by atoms with E-state index in [-0.39, 0.29) is 11.7 Å². The van der Waals surface area contributed by atoms with Crippen molar-refractivity contribution >= 4 is 0 Å². The van der Waals surface area contributed by atoms with Crippen LogP contribution in [0.25, 0.3) is 0 Å². The van der Waals surface area contributed by atoms with Gasteiger partial charge < -0.3 is 10.8 Å². The first-order chi connectivity index (χ1) is 7.10. The highest BCUT2D eigenvalue weighted by molar-refractivity contribution is 5.28. The minimum Gasteiger partial charge on any atom is -0.388 e. The fourth-order valence-corrected chi connectivity index (χ4v) is 1.74. The van der Waals surface area contributed by atoms with Crippen LogP contribution >= 0.6 is 0 Å². The molecular formula is C12H18FNO. The normalized spacial score (nSPS) is 15.0. The van der Waals surface area contributed by atoms with Gasteiger partial charge in [0.25, 0.3) is 0 Å². The molecule has 0 saturated carbocycles. The van der Waals surface area contributed by atoms with Gasteiger partial charge in [0.15, 0.2) is 0 Å². The molecule has 0 amide bonds. The monoisotopic (exact) mass is 211 g/mol. The molecule has 0 spiro atoms. The summed E-state index contributed by atoms with van der Waals surface area (Å²) in [5.74, 6) is -0.238. The number of halogens is 1. The van der Waals surface area contributed by atoms with E-state index in [0.29, 0.717) is 6.54 Å². The predicted octanol–water partition coefficient (Wildman–Crippen LogP) is 2.15. The number of hydrogen-bond acceptors (Lipinski definition) is 2. The Kier molecular flexibility index (Phi) is 4.24. The fourth-order valence-electron chi connectivity index (χ4n) is 1.74. The van der Waals surface area contributed by atoms with Crippen LogP contribution in [0.2, 0.25) is 0 Å². The molecule has 0 aliphatic heterocycles. The van der Waals surface area contributed by atoms with Crippen LogP contribution in [0.3, 0.4) is 0 Å². The van der Waals surface area contributed by atoms with Crippen molar-refractivity contribution in [3.05, 3.63) is 35.1 Å². The molecule has 0 heterocycles. The Balaban J connectivity index is 2.94. The molecule has 84 valence electrons. The van der Waals surface area contributed by atoms with Gasteiger partial charge in [0.2, 0.25) is 0 Å². The lowest BCUT2D eigenvalue weighted by Crippen LogP contribution is -2.21. The maximum Gasteiger partial charge on any atom is 0.123 e. The summed E-state index contributed by atoms with van der Waals surface area (Å²) in [6, 6.07) is 4.43. The summed E-state index contributed by atoms with van der Waals surface area (Å²) >= 11 is 0. The van der Waals surface area contributed by atoms with Crippen LogP contribution in [0.15, 0.2) is 18.2 Å². The van der Waals surface area contributed by atoms with E-state index in [2.05, 4.69) is 0 Å². The first-order valence-corrected chi connectivity index (χ1v) is 5.24. The van der Waals surface area contributed by atoms with E-state index >= 15 is 0 Å². The van der Waals surface area contributed by atoms with Gasteiger partial charge in [0.1, 0.15) is 5.82 Å². The van der Waals surface area contributed by atoms with E-state index in [1.165, 1.54) is 12.1 Å². The molecule has 0 aliphatic carbocycles. The van der Waals surface area contributed by atoms with E-state index in [9.17, 15) is 9.50 Å². The molecule has 1 rings (SSSR count). The number of aliphatic hydroxyl groups is 1. The molecule has 0 radical (unpaired) electrons. The summed E-state index contributed by atoms with van der Waals surface area (Å²) in [6.45, 7) is 4.22. The van der Waals surface area contributed by atoms with Gasteiger partial charge in [-0.1, -0.05) is 13.0 Å². The molecule has 15 heavy (non-hydrogen) atoms. The largest absolute Gasteiger partial charge is 0.388 e. The van der Waals surface area contributed by atoms with Gasteiger partial charge in [-0.3, -0.25) is 0 Å². The third-order valence-electron chi connectivity index (χ3n) is 2.82. The van der Waals surface area contributed by atoms with Gasteiger partial charge in [-0.2, -0.15) is 0 Å². The number of aryl methyl sites for hydroxylation is 1. The quantitative estimate of drug-likeness (QED) is 0.801. The Morgan fingerprint density at radius 2 is 2.13 bits per heavy atom. The number of nitrogens with two attached hydrogens (primary N) is 1. The summed E-state index contributed by atoms with van der Waals surface area (Å²) in [4.78, 5) is 0. The number of hydrogen-bond donors (Lipinski definition) is 2. The van der Waals surface area contributed by atoms with Gasteiger partial charge in [-0.05, 0) is 43.1 Å². The van der Waals surface area contributed by atoms with Crippen molar-refractivity contribution in [2.24, 2.45) is 11.7 Å². The standard InChI is InChI=1S/C12H18FNO/c1-3-9(7-14)12(15)11-5-4-10(13)6-8(11)2/h4-6,9,12,15H,3,7,14H2,1-2H3. The minimum absolute atomic E-state index is 0.0363. The molecule has 3 N–H and O–H groups in total. The lowest BCUT2D eigenvalue weighted by atomic mass is 9.91. The first kappa shape index (κ1) is 12.1. The Morgan fingerprint density at radius 1 is 1.47 bits per heavy atom. The SMILES string of the molecule is CCC(CN)C(O)c1ccc(F)cc1C. The predicted molar refractivity (Wildman–Crippen MR) is 58.9 cm³/mol. The molecule has 3 heteroatoms. The van der Waals surface area contributed by atoms with E-state index in [4.69, 9.17) is 5.73 Å². The first-order valence-electron chi connectivity index (χ1n) is 5.24. The lowest BCUT2D eigenvalue weighted by Gasteiger charge is -2.21. The van der Waals surface area contributed by atoms with Crippen molar-refractivity contribution in [1.29, 1.82) is 0 Å². The summed E-state index contributed by atoms with van der Waals surface area (Å²) in [7, 11) is 0. The molecule has 0 saturated heterocycles. The van der Waals surface area contributed by atoms with Crippen molar-refractivity contribution in [3.63, 3.8) is 0 Å². The van der Waals surface area contributed by atoms with Crippen LogP contribution in [0.4, 0.5) is 4.39 Å². The summed E-state index contributed by atoms with van der Waals surface area (Å²) in [5.41, 5.74) is 7.11. The second-order valence-corrected chi connectivity index (χ2v) is 3.85. The lowest BCUT2D eigenvalue weighted by molar-refractivity contribution is 0.109. The zero-order chi connectivity index (χ0) is 11.4. The van der Waals surface area contributed by atoms with Crippen LogP contribution in [0.5, 0.6) is 0 Å². The Hall–Kier alpha value is -0.930. The zero-order valence-corrected chi connectivity index (χ0v) is 9.20. The topological polar surface area (TPSA) is 46.2 Å². The Morgan fingerprint density at radius 3 is 2.60 bits per heavy atom. The van der Waals surface area contributed by atoms with E-state index in [1.54, 1.807) is 13.0 Å². The molecule has 1 aromatic carbocycles. The maximum atomic E-state index is 12.9. The van der Waals surface area contributed by atoms with E-state index in [0.717, 1.165) is 17.5 Å². The molecule has 2 nitrogen and oxygen atoms in total.